The fourth-order valence-electron chi connectivity index (χ4n) is 3.40. The van der Waals surface area contributed by atoms with E-state index in [1.165, 1.54) is 11.5 Å². The first kappa shape index (κ1) is 20.5. The lowest BCUT2D eigenvalue weighted by Gasteiger charge is -2.32. The summed E-state index contributed by atoms with van der Waals surface area (Å²) >= 11 is 1.26. The molecule has 0 radical (unpaired) electrons. The summed E-state index contributed by atoms with van der Waals surface area (Å²) in [5, 5.41) is 3.57. The second kappa shape index (κ2) is 8.84. The SMILES string of the molecule is CC(C)(C)OC(=O)Nc1sncc1C1CCCN(CC(=O)c2ccccc2)C1. The molecule has 0 bridgehead atoms. The third kappa shape index (κ3) is 5.62. The van der Waals surface area contributed by atoms with Crippen molar-refractivity contribution in [2.45, 2.75) is 45.1 Å². The average molecular weight is 402 g/mol. The molecule has 1 saturated heterocycles. The highest BCUT2D eigenvalue weighted by Crippen LogP contribution is 2.34. The van der Waals surface area contributed by atoms with Gasteiger partial charge in [-0.25, -0.2) is 4.79 Å². The molecule has 1 fully saturated rings. The van der Waals surface area contributed by atoms with Crippen molar-refractivity contribution in [1.82, 2.24) is 9.27 Å². The highest BCUT2D eigenvalue weighted by molar-refractivity contribution is 7.10. The van der Waals surface area contributed by atoms with Crippen LogP contribution in [0.2, 0.25) is 0 Å². The predicted molar refractivity (Wildman–Crippen MR) is 111 cm³/mol. The average Bonchev–Trinajstić information content (AvgIpc) is 3.09. The maximum absolute atomic E-state index is 12.5. The molecular weight excluding hydrogens is 374 g/mol. The van der Waals surface area contributed by atoms with Gasteiger partial charge in [0.15, 0.2) is 5.78 Å². The Balaban J connectivity index is 1.62. The van der Waals surface area contributed by atoms with E-state index in [0.29, 0.717) is 6.54 Å². The lowest BCUT2D eigenvalue weighted by atomic mass is 9.92. The normalized spacial score (nSPS) is 17.9. The minimum Gasteiger partial charge on any atom is -0.444 e. The minimum absolute atomic E-state index is 0.136. The van der Waals surface area contributed by atoms with Crippen LogP contribution in [0.3, 0.4) is 0 Å². The molecule has 2 heterocycles. The van der Waals surface area contributed by atoms with Crippen LogP contribution in [0.15, 0.2) is 36.5 Å². The van der Waals surface area contributed by atoms with Crippen LogP contribution in [0, 0.1) is 0 Å². The van der Waals surface area contributed by atoms with Gasteiger partial charge in [0.1, 0.15) is 10.6 Å². The molecule has 1 N–H and O–H groups in total. The minimum atomic E-state index is -0.547. The maximum Gasteiger partial charge on any atom is 0.412 e. The van der Waals surface area contributed by atoms with Crippen LogP contribution >= 0.6 is 11.5 Å². The number of benzene rings is 1. The topological polar surface area (TPSA) is 71.5 Å². The van der Waals surface area contributed by atoms with E-state index in [-0.39, 0.29) is 11.7 Å². The second-order valence-electron chi connectivity index (χ2n) is 8.10. The summed E-state index contributed by atoms with van der Waals surface area (Å²) in [5.74, 6) is 0.373. The highest BCUT2D eigenvalue weighted by atomic mass is 32.1. The van der Waals surface area contributed by atoms with E-state index in [2.05, 4.69) is 14.6 Å². The summed E-state index contributed by atoms with van der Waals surface area (Å²) in [6, 6.07) is 9.40. The molecule has 3 rings (SSSR count). The smallest absolute Gasteiger partial charge is 0.412 e. The quantitative estimate of drug-likeness (QED) is 0.744. The summed E-state index contributed by atoms with van der Waals surface area (Å²) in [5.41, 5.74) is 1.22. The molecule has 1 aromatic heterocycles. The molecule has 2 aromatic rings. The first-order valence-corrected chi connectivity index (χ1v) is 10.3. The highest BCUT2D eigenvalue weighted by Gasteiger charge is 2.27. The van der Waals surface area contributed by atoms with Gasteiger partial charge in [-0.2, -0.15) is 4.37 Å². The lowest BCUT2D eigenvalue weighted by molar-refractivity contribution is 0.0636. The molecule has 0 aliphatic carbocycles. The molecule has 6 nitrogen and oxygen atoms in total. The van der Waals surface area contributed by atoms with Gasteiger partial charge in [0.2, 0.25) is 0 Å². The molecule has 1 aliphatic rings. The Labute approximate surface area is 170 Å². The largest absolute Gasteiger partial charge is 0.444 e. The van der Waals surface area contributed by atoms with Gasteiger partial charge in [-0.3, -0.25) is 15.0 Å². The van der Waals surface area contributed by atoms with Crippen molar-refractivity contribution in [3.63, 3.8) is 0 Å². The van der Waals surface area contributed by atoms with E-state index < -0.39 is 11.7 Å². The first-order valence-electron chi connectivity index (χ1n) is 9.57. The van der Waals surface area contributed by atoms with Gasteiger partial charge in [0.25, 0.3) is 0 Å². The third-order valence-corrected chi connectivity index (χ3v) is 5.35. The molecule has 1 unspecified atom stereocenters. The van der Waals surface area contributed by atoms with Crippen LogP contribution < -0.4 is 5.32 Å². The van der Waals surface area contributed by atoms with E-state index in [4.69, 9.17) is 4.74 Å². The molecule has 150 valence electrons. The van der Waals surface area contributed by atoms with Crippen LogP contribution in [-0.2, 0) is 4.74 Å². The van der Waals surface area contributed by atoms with Crippen LogP contribution in [0.5, 0.6) is 0 Å². The van der Waals surface area contributed by atoms with Gasteiger partial charge in [-0.1, -0.05) is 30.3 Å². The van der Waals surface area contributed by atoms with Crippen LogP contribution in [0.25, 0.3) is 0 Å². The Hall–Kier alpha value is -2.25. The Kier molecular flexibility index (Phi) is 6.46. The number of amides is 1. The van der Waals surface area contributed by atoms with Crippen LogP contribution in [0.4, 0.5) is 9.80 Å². The van der Waals surface area contributed by atoms with Gasteiger partial charge in [-0.05, 0) is 51.7 Å². The van der Waals surface area contributed by atoms with Crippen LogP contribution in [0.1, 0.15) is 55.5 Å². The number of anilines is 1. The van der Waals surface area contributed by atoms with E-state index in [1.807, 2.05) is 57.3 Å². The van der Waals surface area contributed by atoms with Gasteiger partial charge in [-0.15, -0.1) is 0 Å². The number of carbonyl (C=O) groups excluding carboxylic acids is 2. The number of ketones is 1. The number of hydrogen-bond acceptors (Lipinski definition) is 6. The number of piperidine rings is 1. The Morgan fingerprint density at radius 3 is 2.75 bits per heavy atom. The van der Waals surface area contributed by atoms with Gasteiger partial charge >= 0.3 is 6.09 Å². The zero-order valence-corrected chi connectivity index (χ0v) is 17.4. The number of carbonyl (C=O) groups is 2. The van der Waals surface area contributed by atoms with Gasteiger partial charge in [0.05, 0.1) is 6.54 Å². The second-order valence-corrected chi connectivity index (χ2v) is 8.90. The van der Waals surface area contributed by atoms with Crippen molar-refractivity contribution < 1.29 is 14.3 Å². The van der Waals surface area contributed by atoms with E-state index >= 15 is 0 Å². The fourth-order valence-corrected chi connectivity index (χ4v) is 4.13. The van der Waals surface area contributed by atoms with E-state index in [1.54, 1.807) is 0 Å². The monoisotopic (exact) mass is 401 g/mol. The molecule has 0 spiro atoms. The summed E-state index contributed by atoms with van der Waals surface area (Å²) in [6.07, 6.45) is 3.38. The van der Waals surface area contributed by atoms with Crippen molar-refractivity contribution in [2.75, 3.05) is 25.0 Å². The fraction of sp³-hybridized carbons (Fsp3) is 0.476. The molecular formula is C21H27N3O3S. The third-order valence-electron chi connectivity index (χ3n) is 4.62. The number of aromatic nitrogens is 1. The molecule has 1 aromatic carbocycles. The summed E-state index contributed by atoms with van der Waals surface area (Å²) in [6.45, 7) is 7.60. The molecule has 1 aliphatic heterocycles. The number of nitrogens with zero attached hydrogens (tertiary/aromatic N) is 2. The number of rotatable bonds is 5. The van der Waals surface area contributed by atoms with Crippen molar-refractivity contribution in [1.29, 1.82) is 0 Å². The molecule has 28 heavy (non-hydrogen) atoms. The van der Waals surface area contributed by atoms with E-state index in [9.17, 15) is 9.59 Å². The molecule has 1 atom stereocenters. The molecule has 1 amide bonds. The Morgan fingerprint density at radius 2 is 2.04 bits per heavy atom. The lowest BCUT2D eigenvalue weighted by Crippen LogP contribution is -2.38. The zero-order valence-electron chi connectivity index (χ0n) is 16.6. The van der Waals surface area contributed by atoms with Crippen molar-refractivity contribution in [3.05, 3.63) is 47.7 Å². The standard InChI is InChI=1S/C21H27N3O3S/c1-21(2,3)27-20(26)23-19-17(12-22-28-19)16-10-7-11-24(13-16)14-18(25)15-8-5-4-6-9-15/h4-6,8-9,12,16H,7,10-11,13-14H2,1-3H3,(H,23,26). The number of hydrogen-bond donors (Lipinski definition) is 1. The Morgan fingerprint density at radius 1 is 1.29 bits per heavy atom. The number of ether oxygens (including phenoxy) is 1. The van der Waals surface area contributed by atoms with Gasteiger partial charge in [0, 0.05) is 29.8 Å². The van der Waals surface area contributed by atoms with Crippen LogP contribution in [-0.4, -0.2) is 46.4 Å². The van der Waals surface area contributed by atoms with Crippen molar-refractivity contribution >= 4 is 28.4 Å². The summed E-state index contributed by atoms with van der Waals surface area (Å²) < 4.78 is 9.62. The van der Waals surface area contributed by atoms with Crippen molar-refractivity contribution in [2.24, 2.45) is 0 Å². The van der Waals surface area contributed by atoms with E-state index in [0.717, 1.165) is 42.1 Å². The van der Waals surface area contributed by atoms with Gasteiger partial charge < -0.3 is 4.74 Å². The number of likely N-dealkylation sites (tertiary alicyclic amines) is 1. The summed E-state index contributed by atoms with van der Waals surface area (Å²) in [4.78, 5) is 26.8. The first-order chi connectivity index (χ1) is 13.3. The predicted octanol–water partition coefficient (Wildman–Crippen LogP) is 4.55. The number of Topliss-reactive ketones (excluding diaryl/α,β-unsaturated/α-hetero) is 1. The molecule has 0 saturated carbocycles. The Bertz CT molecular complexity index is 814. The molecule has 7 heteroatoms. The maximum atomic E-state index is 12.5. The zero-order chi connectivity index (χ0) is 20.1. The van der Waals surface area contributed by atoms with Crippen molar-refractivity contribution in [3.8, 4) is 0 Å². The number of nitrogens with one attached hydrogen (secondary N) is 1. The summed E-state index contributed by atoms with van der Waals surface area (Å²) in [7, 11) is 0.